The van der Waals surface area contributed by atoms with Gasteiger partial charge in [-0.1, -0.05) is 0 Å². The number of nitrogens with zero attached hydrogens (tertiary/aromatic N) is 3. The van der Waals surface area contributed by atoms with Gasteiger partial charge in [0.1, 0.15) is 18.5 Å². The fourth-order valence-electron chi connectivity index (χ4n) is 2.14. The summed E-state index contributed by atoms with van der Waals surface area (Å²) in [7, 11) is 0. The third-order valence-corrected chi connectivity index (χ3v) is 2.85. The summed E-state index contributed by atoms with van der Waals surface area (Å²) in [5, 5.41) is 0. The molecule has 1 aliphatic heterocycles. The molecule has 0 N–H and O–H groups in total. The number of aromatic nitrogens is 2. The maximum atomic E-state index is 13.1. The third kappa shape index (κ3) is 3.22. The second-order valence-electron chi connectivity index (χ2n) is 5.63. The molecule has 6 nitrogen and oxygen atoms in total. The number of halogens is 1. The van der Waals surface area contributed by atoms with Crippen LogP contribution in [0.5, 0.6) is 0 Å². The number of carbonyl (C=O) groups excluding carboxylic acids is 1. The predicted molar refractivity (Wildman–Crippen MR) is 69.9 cm³/mol. The second kappa shape index (κ2) is 5.32. The molecule has 0 bridgehead atoms. The highest BCUT2D eigenvalue weighted by molar-refractivity contribution is 5.89. The minimum Gasteiger partial charge on any atom is -0.447 e. The second-order valence-corrected chi connectivity index (χ2v) is 5.63. The van der Waals surface area contributed by atoms with Crippen molar-refractivity contribution in [3.8, 4) is 0 Å². The van der Waals surface area contributed by atoms with E-state index < -0.39 is 12.2 Å². The molecule has 2 heterocycles. The van der Waals surface area contributed by atoms with Crippen LogP contribution in [0.3, 0.4) is 0 Å². The summed E-state index contributed by atoms with van der Waals surface area (Å²) < 4.78 is 24.0. The van der Waals surface area contributed by atoms with Crippen LogP contribution in [0.25, 0.3) is 0 Å². The average Bonchev–Trinajstić information content (AvgIpc) is 2.69. The average molecular weight is 283 g/mol. The Morgan fingerprint density at radius 3 is 2.85 bits per heavy atom. The first kappa shape index (κ1) is 14.6. The molecule has 0 aliphatic carbocycles. The van der Waals surface area contributed by atoms with Crippen LogP contribution in [0.1, 0.15) is 27.7 Å². The molecule has 0 radical (unpaired) electrons. The molecule has 2 atom stereocenters. The summed E-state index contributed by atoms with van der Waals surface area (Å²) in [5.41, 5.74) is -0.354. The molecule has 1 aromatic rings. The van der Waals surface area contributed by atoms with Crippen LogP contribution in [0, 0.1) is 6.08 Å². The van der Waals surface area contributed by atoms with Crippen molar-refractivity contribution in [3.05, 3.63) is 18.3 Å². The normalized spacial score (nSPS) is 20.9. The molecule has 1 amide bonds. The van der Waals surface area contributed by atoms with Crippen molar-refractivity contribution < 1.29 is 18.7 Å². The van der Waals surface area contributed by atoms with Crippen LogP contribution >= 0.6 is 0 Å². The maximum absolute atomic E-state index is 13.1. The van der Waals surface area contributed by atoms with E-state index in [1.165, 1.54) is 17.2 Å². The smallest absolute Gasteiger partial charge is 0.416 e. The van der Waals surface area contributed by atoms with E-state index in [0.717, 1.165) is 0 Å². The van der Waals surface area contributed by atoms with Gasteiger partial charge in [0.15, 0.2) is 0 Å². The number of rotatable bonds is 3. The van der Waals surface area contributed by atoms with Gasteiger partial charge in [-0.25, -0.2) is 9.78 Å². The Morgan fingerprint density at radius 2 is 2.25 bits per heavy atom. The van der Waals surface area contributed by atoms with Crippen molar-refractivity contribution in [2.24, 2.45) is 0 Å². The monoisotopic (exact) mass is 283 g/mol. The predicted octanol–water partition coefficient (Wildman–Crippen LogP) is 2.14. The standard InChI is InChI=1S/C13H18FN3O3/c1-8(20-13(2,3)4)9-7-19-12(18)17(9)10-5-6-15-11(14)16-10/h5-6,8-9H,7H2,1-4H3/t8-,9?/m1/s1. The summed E-state index contributed by atoms with van der Waals surface area (Å²) >= 11 is 0. The van der Waals surface area contributed by atoms with Crippen molar-refractivity contribution >= 4 is 11.9 Å². The number of amides is 1. The lowest BCUT2D eigenvalue weighted by Gasteiger charge is -2.31. The summed E-state index contributed by atoms with van der Waals surface area (Å²) in [4.78, 5) is 20.1. The number of hydrogen-bond acceptors (Lipinski definition) is 5. The molecule has 1 aromatic heterocycles. The van der Waals surface area contributed by atoms with E-state index in [1.54, 1.807) is 0 Å². The van der Waals surface area contributed by atoms with Crippen molar-refractivity contribution in [1.29, 1.82) is 0 Å². The number of anilines is 1. The van der Waals surface area contributed by atoms with Crippen molar-refractivity contribution in [3.63, 3.8) is 0 Å². The molecule has 0 spiro atoms. The van der Waals surface area contributed by atoms with Gasteiger partial charge in [0.05, 0.1) is 11.7 Å². The Kier molecular flexibility index (Phi) is 3.89. The first-order chi connectivity index (χ1) is 9.28. The van der Waals surface area contributed by atoms with Crippen molar-refractivity contribution in [2.75, 3.05) is 11.5 Å². The highest BCUT2D eigenvalue weighted by Crippen LogP contribution is 2.25. The first-order valence-corrected chi connectivity index (χ1v) is 6.40. The van der Waals surface area contributed by atoms with Gasteiger partial charge in [-0.05, 0) is 33.8 Å². The minimum atomic E-state index is -0.884. The third-order valence-electron chi connectivity index (χ3n) is 2.85. The van der Waals surface area contributed by atoms with Gasteiger partial charge < -0.3 is 9.47 Å². The van der Waals surface area contributed by atoms with E-state index in [1.807, 2.05) is 27.7 Å². The lowest BCUT2D eigenvalue weighted by molar-refractivity contribution is -0.0618. The summed E-state index contributed by atoms with van der Waals surface area (Å²) in [6, 6.07) is 1.11. The number of ether oxygens (including phenoxy) is 2. The van der Waals surface area contributed by atoms with Gasteiger partial charge in [0.2, 0.25) is 0 Å². The number of carbonyl (C=O) groups is 1. The van der Waals surface area contributed by atoms with Crippen LogP contribution in [0.2, 0.25) is 0 Å². The number of hydrogen-bond donors (Lipinski definition) is 0. The van der Waals surface area contributed by atoms with Crippen LogP contribution in [-0.2, 0) is 9.47 Å². The maximum Gasteiger partial charge on any atom is 0.416 e. The van der Waals surface area contributed by atoms with Crippen LogP contribution < -0.4 is 4.90 Å². The zero-order valence-corrected chi connectivity index (χ0v) is 12.0. The Morgan fingerprint density at radius 1 is 1.55 bits per heavy atom. The molecular formula is C13H18FN3O3. The fraction of sp³-hybridized carbons (Fsp3) is 0.615. The van der Waals surface area contributed by atoms with Crippen LogP contribution in [-0.4, -0.2) is 40.4 Å². The van der Waals surface area contributed by atoms with Crippen molar-refractivity contribution in [1.82, 2.24) is 9.97 Å². The molecule has 1 unspecified atom stereocenters. The zero-order valence-electron chi connectivity index (χ0n) is 12.0. The molecule has 7 heteroatoms. The molecule has 20 heavy (non-hydrogen) atoms. The van der Waals surface area contributed by atoms with Gasteiger partial charge in [-0.3, -0.25) is 4.90 Å². The van der Waals surface area contributed by atoms with Gasteiger partial charge >= 0.3 is 12.2 Å². The highest BCUT2D eigenvalue weighted by atomic mass is 19.1. The van der Waals surface area contributed by atoms with E-state index in [0.29, 0.717) is 0 Å². The Balaban J connectivity index is 2.23. The summed E-state index contributed by atoms with van der Waals surface area (Å²) in [6.07, 6.45) is -0.461. The van der Waals surface area contributed by atoms with Gasteiger partial charge in [0, 0.05) is 6.20 Å². The van der Waals surface area contributed by atoms with Crippen molar-refractivity contribution in [2.45, 2.75) is 45.4 Å². The molecular weight excluding hydrogens is 265 g/mol. The Bertz CT molecular complexity index is 504. The fourth-order valence-corrected chi connectivity index (χ4v) is 2.14. The Hall–Kier alpha value is -1.76. The lowest BCUT2D eigenvalue weighted by Crippen LogP contribution is -2.45. The largest absolute Gasteiger partial charge is 0.447 e. The molecule has 1 saturated heterocycles. The molecule has 1 fully saturated rings. The minimum absolute atomic E-state index is 0.175. The molecule has 1 aliphatic rings. The van der Waals surface area contributed by atoms with Crippen LogP contribution in [0.4, 0.5) is 15.0 Å². The van der Waals surface area contributed by atoms with Gasteiger partial charge in [-0.15, -0.1) is 0 Å². The van der Waals surface area contributed by atoms with Crippen LogP contribution in [0.15, 0.2) is 12.3 Å². The topological polar surface area (TPSA) is 64.6 Å². The molecule has 0 saturated carbocycles. The molecule has 0 aromatic carbocycles. The van der Waals surface area contributed by atoms with Gasteiger partial charge in [-0.2, -0.15) is 9.37 Å². The van der Waals surface area contributed by atoms with E-state index >= 15 is 0 Å². The summed E-state index contributed by atoms with van der Waals surface area (Å²) in [6.45, 7) is 7.81. The van der Waals surface area contributed by atoms with E-state index in [-0.39, 0.29) is 30.2 Å². The number of cyclic esters (lactones) is 1. The quantitative estimate of drug-likeness (QED) is 0.795. The van der Waals surface area contributed by atoms with E-state index in [4.69, 9.17) is 9.47 Å². The van der Waals surface area contributed by atoms with E-state index in [2.05, 4.69) is 9.97 Å². The highest BCUT2D eigenvalue weighted by Gasteiger charge is 2.40. The lowest BCUT2D eigenvalue weighted by atomic mass is 10.1. The molecule has 2 rings (SSSR count). The molecule has 110 valence electrons. The SMILES string of the molecule is C[C@@H](OC(C)(C)C)C1COC(=O)N1c1ccnc(F)n1. The van der Waals surface area contributed by atoms with Gasteiger partial charge in [0.25, 0.3) is 0 Å². The first-order valence-electron chi connectivity index (χ1n) is 6.40. The zero-order chi connectivity index (χ0) is 14.9. The Labute approximate surface area is 116 Å². The van der Waals surface area contributed by atoms with E-state index in [9.17, 15) is 9.18 Å². The summed E-state index contributed by atoms with van der Waals surface area (Å²) in [5.74, 6) is 0.175.